The zero-order valence-electron chi connectivity index (χ0n) is 9.26. The Balaban J connectivity index is 0.00000108. The van der Waals surface area contributed by atoms with E-state index in [4.69, 9.17) is 0 Å². The van der Waals surface area contributed by atoms with Crippen molar-refractivity contribution in [2.45, 2.75) is 37.8 Å². The predicted octanol–water partition coefficient (Wildman–Crippen LogP) is 1.70. The minimum Gasteiger partial charge on any atom is -0.481 e. The second-order valence-corrected chi connectivity index (χ2v) is 5.53. The molecule has 2 saturated heterocycles. The van der Waals surface area contributed by atoms with Gasteiger partial charge in [0, 0.05) is 23.9 Å². The highest BCUT2D eigenvalue weighted by Crippen LogP contribution is 2.45. The topological polar surface area (TPSA) is 62.2 Å². The summed E-state index contributed by atoms with van der Waals surface area (Å²) < 4.78 is 0. The molecule has 2 bridgehead atoms. The molecule has 2 N–H and O–H groups in total. The molecule has 94 valence electrons. The largest absolute Gasteiger partial charge is 0.481 e. The van der Waals surface area contributed by atoms with Crippen LogP contribution in [0.15, 0.2) is 10.9 Å². The van der Waals surface area contributed by atoms with Crippen LogP contribution in [0.2, 0.25) is 0 Å². The van der Waals surface area contributed by atoms with Gasteiger partial charge in [0.25, 0.3) is 0 Å². The van der Waals surface area contributed by atoms with Gasteiger partial charge in [-0.3, -0.25) is 4.79 Å². The number of halogens is 1. The average Bonchev–Trinajstić information content (AvgIpc) is 2.92. The summed E-state index contributed by atoms with van der Waals surface area (Å²) in [5, 5.41) is 14.9. The Hall–Kier alpha value is -0.650. The maximum atomic E-state index is 11.6. The first-order valence-electron chi connectivity index (χ1n) is 5.57. The molecular weight excluding hydrogens is 260 g/mol. The molecule has 0 aromatic carbocycles. The Morgan fingerprint density at radius 2 is 2.47 bits per heavy atom. The number of nitrogens with zero attached hydrogens (tertiary/aromatic N) is 1. The van der Waals surface area contributed by atoms with Crippen LogP contribution in [0, 0.1) is 5.41 Å². The van der Waals surface area contributed by atoms with Gasteiger partial charge in [-0.05, 0) is 19.3 Å². The molecule has 3 rings (SSSR count). The monoisotopic (exact) mass is 274 g/mol. The van der Waals surface area contributed by atoms with E-state index in [0.29, 0.717) is 12.5 Å². The third-order valence-electron chi connectivity index (χ3n) is 3.92. The van der Waals surface area contributed by atoms with Gasteiger partial charge in [-0.2, -0.15) is 0 Å². The summed E-state index contributed by atoms with van der Waals surface area (Å²) in [5.74, 6) is -0.666. The first kappa shape index (κ1) is 12.8. The molecule has 2 aliphatic heterocycles. The Morgan fingerprint density at radius 3 is 2.94 bits per heavy atom. The SMILES string of the molecule is Cl.O=C(O)[C@@]1(Cc2cscn2)C[C@H]2CC[C@@H]1N2. The molecule has 3 heterocycles. The van der Waals surface area contributed by atoms with Crippen LogP contribution in [0.3, 0.4) is 0 Å². The maximum Gasteiger partial charge on any atom is 0.311 e. The molecule has 0 saturated carbocycles. The summed E-state index contributed by atoms with van der Waals surface area (Å²) in [7, 11) is 0. The molecule has 4 nitrogen and oxygen atoms in total. The van der Waals surface area contributed by atoms with Crippen molar-refractivity contribution in [3.8, 4) is 0 Å². The Morgan fingerprint density at radius 1 is 1.65 bits per heavy atom. The summed E-state index contributed by atoms with van der Waals surface area (Å²) in [5.41, 5.74) is 2.07. The van der Waals surface area contributed by atoms with Gasteiger partial charge < -0.3 is 10.4 Å². The van der Waals surface area contributed by atoms with Gasteiger partial charge in [0.05, 0.1) is 16.6 Å². The first-order valence-corrected chi connectivity index (χ1v) is 6.51. The van der Waals surface area contributed by atoms with Gasteiger partial charge in [-0.15, -0.1) is 23.7 Å². The lowest BCUT2D eigenvalue weighted by molar-refractivity contribution is -0.150. The highest BCUT2D eigenvalue weighted by molar-refractivity contribution is 7.07. The van der Waals surface area contributed by atoms with E-state index in [2.05, 4.69) is 10.3 Å². The quantitative estimate of drug-likeness (QED) is 0.881. The van der Waals surface area contributed by atoms with E-state index in [1.807, 2.05) is 5.38 Å². The molecule has 3 atom stereocenters. The zero-order chi connectivity index (χ0) is 11.2. The van der Waals surface area contributed by atoms with E-state index >= 15 is 0 Å². The predicted molar refractivity (Wildman–Crippen MR) is 67.7 cm³/mol. The van der Waals surface area contributed by atoms with Crippen LogP contribution in [-0.4, -0.2) is 28.1 Å². The van der Waals surface area contributed by atoms with Gasteiger partial charge in [-0.25, -0.2) is 4.98 Å². The molecule has 2 fully saturated rings. The second kappa shape index (κ2) is 4.55. The third-order valence-corrected chi connectivity index (χ3v) is 4.56. The van der Waals surface area contributed by atoms with Crippen LogP contribution in [0.4, 0.5) is 0 Å². The lowest BCUT2D eigenvalue weighted by Gasteiger charge is -2.31. The zero-order valence-corrected chi connectivity index (χ0v) is 10.9. The number of thiazole rings is 1. The fourth-order valence-electron chi connectivity index (χ4n) is 3.15. The van der Waals surface area contributed by atoms with Crippen molar-refractivity contribution in [1.29, 1.82) is 0 Å². The number of carbonyl (C=O) groups is 1. The lowest BCUT2D eigenvalue weighted by Crippen LogP contribution is -2.44. The minimum absolute atomic E-state index is 0. The van der Waals surface area contributed by atoms with E-state index < -0.39 is 11.4 Å². The molecule has 1 aromatic heterocycles. The van der Waals surface area contributed by atoms with Crippen LogP contribution in [0.25, 0.3) is 0 Å². The van der Waals surface area contributed by atoms with Gasteiger partial charge in [0.15, 0.2) is 0 Å². The maximum absolute atomic E-state index is 11.6. The van der Waals surface area contributed by atoms with Gasteiger partial charge in [0.2, 0.25) is 0 Å². The van der Waals surface area contributed by atoms with Crippen molar-refractivity contribution in [2.24, 2.45) is 5.41 Å². The molecule has 2 aliphatic rings. The summed E-state index contributed by atoms with van der Waals surface area (Å²) in [6, 6.07) is 0.538. The summed E-state index contributed by atoms with van der Waals surface area (Å²) in [6.07, 6.45) is 3.43. The minimum atomic E-state index is -0.666. The van der Waals surface area contributed by atoms with E-state index in [-0.39, 0.29) is 18.4 Å². The lowest BCUT2D eigenvalue weighted by atomic mass is 9.71. The fourth-order valence-corrected chi connectivity index (χ4v) is 3.71. The number of carboxylic acids is 1. The third kappa shape index (κ3) is 1.96. The second-order valence-electron chi connectivity index (χ2n) is 4.82. The van der Waals surface area contributed by atoms with Crippen LogP contribution in [0.1, 0.15) is 25.0 Å². The van der Waals surface area contributed by atoms with Crippen LogP contribution in [-0.2, 0) is 11.2 Å². The molecule has 0 unspecified atom stereocenters. The number of carboxylic acid groups (broad SMARTS) is 1. The van der Waals surface area contributed by atoms with Crippen molar-refractivity contribution >= 4 is 29.7 Å². The number of rotatable bonds is 3. The van der Waals surface area contributed by atoms with E-state index in [1.165, 1.54) is 11.3 Å². The van der Waals surface area contributed by atoms with E-state index in [0.717, 1.165) is 25.0 Å². The summed E-state index contributed by atoms with van der Waals surface area (Å²) in [6.45, 7) is 0. The van der Waals surface area contributed by atoms with E-state index in [1.54, 1.807) is 5.51 Å². The Bertz CT molecular complexity index is 412. The number of aliphatic carboxylic acids is 1. The molecule has 0 aliphatic carbocycles. The molecule has 0 amide bonds. The van der Waals surface area contributed by atoms with Gasteiger partial charge in [0.1, 0.15) is 0 Å². The van der Waals surface area contributed by atoms with E-state index in [9.17, 15) is 9.90 Å². The molecule has 17 heavy (non-hydrogen) atoms. The van der Waals surface area contributed by atoms with Crippen LogP contribution >= 0.6 is 23.7 Å². The normalized spacial score (nSPS) is 34.6. The molecule has 1 aromatic rings. The Kier molecular flexibility index (Phi) is 3.43. The smallest absolute Gasteiger partial charge is 0.311 e. The van der Waals surface area contributed by atoms with Crippen LogP contribution < -0.4 is 5.32 Å². The highest BCUT2D eigenvalue weighted by atomic mass is 35.5. The number of aromatic nitrogens is 1. The van der Waals surface area contributed by atoms with Crippen molar-refractivity contribution in [3.05, 3.63) is 16.6 Å². The number of fused-ring (bicyclic) bond motifs is 2. The van der Waals surface area contributed by atoms with Crippen molar-refractivity contribution in [3.63, 3.8) is 0 Å². The standard InChI is InChI=1S/C11H14N2O2S.ClH/c14-10(15)11(4-8-5-16-6-12-8)3-7-1-2-9(11)13-7;/h5-7,9,13H,1-4H2,(H,14,15);1H/t7-,9+,11-;/m1./s1. The van der Waals surface area contributed by atoms with Crippen molar-refractivity contribution < 1.29 is 9.90 Å². The highest BCUT2D eigenvalue weighted by Gasteiger charge is 2.55. The average molecular weight is 275 g/mol. The number of hydrogen-bond donors (Lipinski definition) is 2. The number of nitrogens with one attached hydrogen (secondary N) is 1. The van der Waals surface area contributed by atoms with Gasteiger partial charge in [-0.1, -0.05) is 0 Å². The Labute approximate surface area is 110 Å². The first-order chi connectivity index (χ1) is 7.71. The molecule has 0 radical (unpaired) electrons. The van der Waals surface area contributed by atoms with Gasteiger partial charge >= 0.3 is 5.97 Å². The summed E-state index contributed by atoms with van der Waals surface area (Å²) >= 11 is 1.53. The van der Waals surface area contributed by atoms with Crippen molar-refractivity contribution in [1.82, 2.24) is 10.3 Å². The summed E-state index contributed by atoms with van der Waals surface area (Å²) in [4.78, 5) is 15.8. The molecule has 0 spiro atoms. The molecule has 6 heteroatoms. The fraction of sp³-hybridized carbons (Fsp3) is 0.636. The number of hydrogen-bond acceptors (Lipinski definition) is 4. The van der Waals surface area contributed by atoms with Crippen LogP contribution in [0.5, 0.6) is 0 Å². The van der Waals surface area contributed by atoms with Crippen molar-refractivity contribution in [2.75, 3.05) is 0 Å². The molecular formula is C11H15ClN2O2S.